The van der Waals surface area contributed by atoms with Crippen LogP contribution in [0.15, 0.2) is 0 Å². The highest BCUT2D eigenvalue weighted by atomic mass is 16.5. The fourth-order valence-electron chi connectivity index (χ4n) is 2.38. The van der Waals surface area contributed by atoms with Crippen LogP contribution < -0.4 is 5.32 Å². The standard InChI is InChI=1S/C14H28N2O2/c1-11(12-7-8-12)16(4)10-6-9-14(2,15-3)13(17)18-5/h11-12,15H,6-10H2,1-5H3. The van der Waals surface area contributed by atoms with Gasteiger partial charge in [0.1, 0.15) is 5.54 Å². The van der Waals surface area contributed by atoms with Gasteiger partial charge in [0.2, 0.25) is 0 Å². The van der Waals surface area contributed by atoms with Gasteiger partial charge < -0.3 is 15.0 Å². The van der Waals surface area contributed by atoms with Gasteiger partial charge in [0, 0.05) is 6.04 Å². The Morgan fingerprint density at radius 2 is 2.17 bits per heavy atom. The van der Waals surface area contributed by atoms with Crippen LogP contribution >= 0.6 is 0 Å². The first-order chi connectivity index (χ1) is 8.44. The van der Waals surface area contributed by atoms with E-state index in [1.54, 1.807) is 0 Å². The Morgan fingerprint density at radius 3 is 2.61 bits per heavy atom. The Morgan fingerprint density at radius 1 is 1.56 bits per heavy atom. The number of rotatable bonds is 8. The molecule has 2 atom stereocenters. The minimum atomic E-state index is -0.557. The van der Waals surface area contributed by atoms with Crippen LogP contribution in [0.25, 0.3) is 0 Å². The van der Waals surface area contributed by atoms with Crippen LogP contribution in [0.3, 0.4) is 0 Å². The van der Waals surface area contributed by atoms with Gasteiger partial charge in [-0.2, -0.15) is 0 Å². The first-order valence-corrected chi connectivity index (χ1v) is 6.92. The maximum atomic E-state index is 11.7. The SMILES string of the molecule is CNC(C)(CCCN(C)C(C)C1CC1)C(=O)OC. The molecule has 106 valence electrons. The molecule has 0 aromatic carbocycles. The summed E-state index contributed by atoms with van der Waals surface area (Å²) in [5.74, 6) is 0.717. The largest absolute Gasteiger partial charge is 0.468 e. The zero-order valence-electron chi connectivity index (χ0n) is 12.5. The second kappa shape index (κ2) is 6.53. The third-order valence-corrected chi connectivity index (χ3v) is 4.37. The summed E-state index contributed by atoms with van der Waals surface area (Å²) >= 11 is 0. The third-order valence-electron chi connectivity index (χ3n) is 4.37. The van der Waals surface area contributed by atoms with Crippen molar-refractivity contribution in [3.05, 3.63) is 0 Å². The molecular weight excluding hydrogens is 228 g/mol. The van der Waals surface area contributed by atoms with Crippen LogP contribution in [0.1, 0.15) is 39.5 Å². The molecule has 0 amide bonds. The molecular formula is C14H28N2O2. The van der Waals surface area contributed by atoms with Gasteiger partial charge in [0.25, 0.3) is 0 Å². The number of likely N-dealkylation sites (N-methyl/N-ethyl adjacent to an activating group) is 1. The van der Waals surface area contributed by atoms with E-state index >= 15 is 0 Å². The van der Waals surface area contributed by atoms with Gasteiger partial charge in [-0.1, -0.05) is 0 Å². The number of esters is 1. The number of hydrogen-bond donors (Lipinski definition) is 1. The number of carbonyl (C=O) groups is 1. The summed E-state index contributed by atoms with van der Waals surface area (Å²) in [5, 5.41) is 3.07. The summed E-state index contributed by atoms with van der Waals surface area (Å²) in [6, 6.07) is 0.670. The molecule has 0 radical (unpaired) electrons. The normalized spacial score (nSPS) is 20.6. The zero-order valence-corrected chi connectivity index (χ0v) is 12.5. The molecule has 4 heteroatoms. The second-order valence-electron chi connectivity index (χ2n) is 5.74. The molecule has 0 spiro atoms. The van der Waals surface area contributed by atoms with Crippen molar-refractivity contribution in [1.29, 1.82) is 0 Å². The van der Waals surface area contributed by atoms with Crippen LogP contribution in [0.5, 0.6) is 0 Å². The van der Waals surface area contributed by atoms with E-state index in [0.29, 0.717) is 6.04 Å². The molecule has 18 heavy (non-hydrogen) atoms. The molecule has 1 N–H and O–H groups in total. The van der Waals surface area contributed by atoms with Crippen molar-refractivity contribution in [2.45, 2.75) is 51.1 Å². The average molecular weight is 256 g/mol. The van der Waals surface area contributed by atoms with Crippen molar-refractivity contribution in [3.63, 3.8) is 0 Å². The van der Waals surface area contributed by atoms with E-state index in [2.05, 4.69) is 24.2 Å². The summed E-state index contributed by atoms with van der Waals surface area (Å²) in [5.41, 5.74) is -0.557. The molecule has 4 nitrogen and oxygen atoms in total. The fourth-order valence-corrected chi connectivity index (χ4v) is 2.38. The lowest BCUT2D eigenvalue weighted by molar-refractivity contribution is -0.148. The number of carbonyl (C=O) groups excluding carboxylic acids is 1. The highest BCUT2D eigenvalue weighted by Crippen LogP contribution is 2.34. The highest BCUT2D eigenvalue weighted by Gasteiger charge is 2.33. The molecule has 0 aromatic rings. The molecule has 1 aliphatic rings. The highest BCUT2D eigenvalue weighted by molar-refractivity contribution is 5.80. The Hall–Kier alpha value is -0.610. The zero-order chi connectivity index (χ0) is 13.8. The predicted octanol–water partition coefficient (Wildman–Crippen LogP) is 1.65. The van der Waals surface area contributed by atoms with Gasteiger partial charge >= 0.3 is 5.97 Å². The maximum Gasteiger partial charge on any atom is 0.325 e. The number of methoxy groups -OCH3 is 1. The molecule has 0 bridgehead atoms. The summed E-state index contributed by atoms with van der Waals surface area (Å²) in [6.45, 7) is 5.24. The monoisotopic (exact) mass is 256 g/mol. The van der Waals surface area contributed by atoms with Gasteiger partial charge in [0.05, 0.1) is 7.11 Å². The lowest BCUT2D eigenvalue weighted by Crippen LogP contribution is -2.48. The quantitative estimate of drug-likeness (QED) is 0.671. The number of ether oxygens (including phenoxy) is 1. The van der Waals surface area contributed by atoms with E-state index in [9.17, 15) is 4.79 Å². The number of hydrogen-bond acceptors (Lipinski definition) is 4. The summed E-state index contributed by atoms with van der Waals surface area (Å²) in [7, 11) is 5.44. The smallest absolute Gasteiger partial charge is 0.325 e. The first kappa shape index (κ1) is 15.4. The Labute approximate surface area is 111 Å². The van der Waals surface area contributed by atoms with Gasteiger partial charge in [-0.15, -0.1) is 0 Å². The van der Waals surface area contributed by atoms with Crippen LogP contribution in [0, 0.1) is 5.92 Å². The van der Waals surface area contributed by atoms with Crippen molar-refractivity contribution < 1.29 is 9.53 Å². The van der Waals surface area contributed by atoms with E-state index in [1.807, 2.05) is 14.0 Å². The van der Waals surface area contributed by atoms with Crippen molar-refractivity contribution in [3.8, 4) is 0 Å². The fraction of sp³-hybridized carbons (Fsp3) is 0.929. The maximum absolute atomic E-state index is 11.7. The molecule has 1 rings (SSSR count). The molecule has 1 saturated carbocycles. The third kappa shape index (κ3) is 3.95. The van der Waals surface area contributed by atoms with Crippen molar-refractivity contribution in [1.82, 2.24) is 10.2 Å². The summed E-state index contributed by atoms with van der Waals surface area (Å²) in [6.07, 6.45) is 4.56. The van der Waals surface area contributed by atoms with Crippen LogP contribution in [0.2, 0.25) is 0 Å². The summed E-state index contributed by atoms with van der Waals surface area (Å²) in [4.78, 5) is 14.1. The van der Waals surface area contributed by atoms with Crippen LogP contribution in [0.4, 0.5) is 0 Å². The minimum absolute atomic E-state index is 0.178. The van der Waals surface area contributed by atoms with E-state index in [-0.39, 0.29) is 5.97 Å². The first-order valence-electron chi connectivity index (χ1n) is 6.92. The molecule has 0 aliphatic heterocycles. The van der Waals surface area contributed by atoms with Crippen molar-refractivity contribution >= 4 is 5.97 Å². The average Bonchev–Trinajstić information content (AvgIpc) is 3.20. The number of nitrogens with one attached hydrogen (secondary N) is 1. The van der Waals surface area contributed by atoms with E-state index in [0.717, 1.165) is 25.3 Å². The van der Waals surface area contributed by atoms with Gasteiger partial charge in [-0.05, 0) is 66.1 Å². The van der Waals surface area contributed by atoms with Crippen LogP contribution in [-0.2, 0) is 9.53 Å². The van der Waals surface area contributed by atoms with E-state index < -0.39 is 5.54 Å². The van der Waals surface area contributed by atoms with E-state index in [4.69, 9.17) is 4.74 Å². The summed E-state index contributed by atoms with van der Waals surface area (Å²) < 4.78 is 4.84. The van der Waals surface area contributed by atoms with Gasteiger partial charge in [-0.3, -0.25) is 4.79 Å². The Balaban J connectivity index is 2.32. The molecule has 1 fully saturated rings. The van der Waals surface area contributed by atoms with Crippen molar-refractivity contribution in [2.75, 3.05) is 27.7 Å². The van der Waals surface area contributed by atoms with Crippen LogP contribution in [-0.4, -0.2) is 50.2 Å². The Kier molecular flexibility index (Phi) is 5.60. The lowest BCUT2D eigenvalue weighted by atomic mass is 9.96. The minimum Gasteiger partial charge on any atom is -0.468 e. The molecule has 1 aliphatic carbocycles. The molecule has 0 aromatic heterocycles. The van der Waals surface area contributed by atoms with Gasteiger partial charge in [0.15, 0.2) is 0 Å². The molecule has 2 unspecified atom stereocenters. The lowest BCUT2D eigenvalue weighted by Gasteiger charge is -2.29. The van der Waals surface area contributed by atoms with Crippen molar-refractivity contribution in [2.24, 2.45) is 5.92 Å². The predicted molar refractivity (Wildman–Crippen MR) is 73.5 cm³/mol. The topological polar surface area (TPSA) is 41.6 Å². The molecule has 0 saturated heterocycles. The van der Waals surface area contributed by atoms with E-state index in [1.165, 1.54) is 20.0 Å². The van der Waals surface area contributed by atoms with Gasteiger partial charge in [-0.25, -0.2) is 0 Å². The Bertz CT molecular complexity index is 279. The number of nitrogens with zero attached hydrogens (tertiary/aromatic N) is 1. The second-order valence-corrected chi connectivity index (χ2v) is 5.74. The molecule has 0 heterocycles.